The Labute approximate surface area is 132 Å². The lowest BCUT2D eigenvalue weighted by atomic mass is 10.1. The molecule has 23 heavy (non-hydrogen) atoms. The Hall–Kier alpha value is -2.66. The standard InChI is InChI=1S/C18H12FNO2S/c19-13-10-11-18-16(12-13)15-8-4-5-9-17(15)20(18)23(21,22)14-6-2-1-3-7-14/h1-12H. The molecular formula is C18H12FNO2S. The summed E-state index contributed by atoms with van der Waals surface area (Å²) in [4.78, 5) is 0.201. The molecule has 0 saturated carbocycles. The average Bonchev–Trinajstić information content (AvgIpc) is 2.90. The molecule has 0 spiro atoms. The van der Waals surface area contributed by atoms with E-state index < -0.39 is 15.8 Å². The molecule has 0 unspecified atom stereocenters. The van der Waals surface area contributed by atoms with E-state index in [9.17, 15) is 12.8 Å². The first-order chi connectivity index (χ1) is 11.1. The second kappa shape index (κ2) is 4.93. The van der Waals surface area contributed by atoms with Crippen molar-refractivity contribution in [3.05, 3.63) is 78.6 Å². The van der Waals surface area contributed by atoms with Gasteiger partial charge in [0.25, 0.3) is 10.0 Å². The fraction of sp³-hybridized carbons (Fsp3) is 0. The minimum Gasteiger partial charge on any atom is -0.233 e. The van der Waals surface area contributed by atoms with Crippen LogP contribution in [0.4, 0.5) is 4.39 Å². The van der Waals surface area contributed by atoms with Gasteiger partial charge in [-0.2, -0.15) is 0 Å². The van der Waals surface area contributed by atoms with Crippen molar-refractivity contribution in [2.24, 2.45) is 0 Å². The van der Waals surface area contributed by atoms with Gasteiger partial charge in [0.15, 0.2) is 0 Å². The molecule has 4 aromatic rings. The number of fused-ring (bicyclic) bond motifs is 3. The fourth-order valence-corrected chi connectivity index (χ4v) is 4.41. The molecule has 0 amide bonds. The summed E-state index contributed by atoms with van der Waals surface area (Å²) in [6.45, 7) is 0. The summed E-state index contributed by atoms with van der Waals surface area (Å²) in [5.74, 6) is -0.391. The summed E-state index contributed by atoms with van der Waals surface area (Å²) in [5, 5.41) is 1.29. The van der Waals surface area contributed by atoms with E-state index in [-0.39, 0.29) is 4.90 Å². The number of rotatable bonds is 2. The molecule has 0 radical (unpaired) electrons. The van der Waals surface area contributed by atoms with Crippen molar-refractivity contribution in [2.75, 3.05) is 0 Å². The van der Waals surface area contributed by atoms with Crippen molar-refractivity contribution >= 4 is 31.8 Å². The van der Waals surface area contributed by atoms with Crippen LogP contribution in [-0.4, -0.2) is 12.4 Å². The van der Waals surface area contributed by atoms with Crippen LogP contribution in [0.1, 0.15) is 0 Å². The minimum atomic E-state index is -3.77. The first kappa shape index (κ1) is 14.0. The molecule has 4 rings (SSSR count). The Morgan fingerprint density at radius 2 is 1.39 bits per heavy atom. The molecule has 1 heterocycles. The Bertz CT molecular complexity index is 1130. The lowest BCUT2D eigenvalue weighted by molar-refractivity contribution is 0.590. The number of hydrogen-bond donors (Lipinski definition) is 0. The third kappa shape index (κ3) is 2.04. The first-order valence-electron chi connectivity index (χ1n) is 7.08. The van der Waals surface area contributed by atoms with Crippen molar-refractivity contribution in [3.8, 4) is 0 Å². The number of halogens is 1. The highest BCUT2D eigenvalue weighted by molar-refractivity contribution is 7.90. The van der Waals surface area contributed by atoms with Gasteiger partial charge in [0.1, 0.15) is 5.82 Å². The van der Waals surface area contributed by atoms with Gasteiger partial charge in [0.2, 0.25) is 0 Å². The van der Waals surface area contributed by atoms with Crippen LogP contribution in [0, 0.1) is 5.82 Å². The zero-order chi connectivity index (χ0) is 16.0. The Kier molecular flexibility index (Phi) is 2.99. The number of benzene rings is 3. The van der Waals surface area contributed by atoms with Gasteiger partial charge in [0.05, 0.1) is 15.9 Å². The highest BCUT2D eigenvalue weighted by Gasteiger charge is 2.22. The number of nitrogens with zero attached hydrogens (tertiary/aromatic N) is 1. The number of para-hydroxylation sites is 1. The van der Waals surface area contributed by atoms with Crippen LogP contribution in [0.15, 0.2) is 77.7 Å². The summed E-state index contributed by atoms with van der Waals surface area (Å²) in [7, 11) is -3.77. The first-order valence-corrected chi connectivity index (χ1v) is 8.52. The zero-order valence-electron chi connectivity index (χ0n) is 12.0. The Morgan fingerprint density at radius 3 is 2.17 bits per heavy atom. The quantitative estimate of drug-likeness (QED) is 0.555. The fourth-order valence-electron chi connectivity index (χ4n) is 2.87. The van der Waals surface area contributed by atoms with E-state index in [1.165, 1.54) is 22.2 Å². The monoisotopic (exact) mass is 325 g/mol. The van der Waals surface area contributed by atoms with Gasteiger partial charge in [0, 0.05) is 10.8 Å². The number of hydrogen-bond acceptors (Lipinski definition) is 2. The van der Waals surface area contributed by atoms with Gasteiger partial charge in [-0.1, -0.05) is 36.4 Å². The molecule has 0 bridgehead atoms. The third-order valence-electron chi connectivity index (χ3n) is 3.87. The largest absolute Gasteiger partial charge is 0.268 e. The average molecular weight is 325 g/mol. The summed E-state index contributed by atoms with van der Waals surface area (Å²) < 4.78 is 41.1. The molecule has 1 aromatic heterocycles. The SMILES string of the molecule is O=S(=O)(c1ccccc1)n1c2ccccc2c2cc(F)ccc21. The molecule has 3 aromatic carbocycles. The smallest absolute Gasteiger partial charge is 0.233 e. The molecule has 0 aliphatic carbocycles. The van der Waals surface area contributed by atoms with Gasteiger partial charge in [-0.15, -0.1) is 0 Å². The normalized spacial score (nSPS) is 12.0. The van der Waals surface area contributed by atoms with Gasteiger partial charge < -0.3 is 0 Å². The predicted octanol–water partition coefficient (Wildman–Crippen LogP) is 4.17. The lowest BCUT2D eigenvalue weighted by Gasteiger charge is -2.09. The third-order valence-corrected chi connectivity index (χ3v) is 5.61. The summed E-state index contributed by atoms with van der Waals surface area (Å²) in [6, 6.07) is 19.5. The molecule has 0 fully saturated rings. The van der Waals surface area contributed by atoms with Crippen LogP contribution < -0.4 is 0 Å². The summed E-state index contributed by atoms with van der Waals surface area (Å²) in [5.41, 5.74) is 1.01. The van der Waals surface area contributed by atoms with Crippen molar-refractivity contribution < 1.29 is 12.8 Å². The highest BCUT2D eigenvalue weighted by atomic mass is 32.2. The maximum atomic E-state index is 13.6. The Morgan fingerprint density at radius 1 is 0.739 bits per heavy atom. The van der Waals surface area contributed by atoms with Crippen molar-refractivity contribution in [3.63, 3.8) is 0 Å². The Balaban J connectivity index is 2.18. The predicted molar refractivity (Wildman–Crippen MR) is 88.4 cm³/mol. The van der Waals surface area contributed by atoms with Gasteiger partial charge >= 0.3 is 0 Å². The molecule has 0 aliphatic heterocycles. The highest BCUT2D eigenvalue weighted by Crippen LogP contribution is 2.32. The molecule has 5 heteroatoms. The maximum Gasteiger partial charge on any atom is 0.268 e. The molecule has 114 valence electrons. The van der Waals surface area contributed by atoms with Gasteiger partial charge in [-0.05, 0) is 36.4 Å². The topological polar surface area (TPSA) is 39.1 Å². The van der Waals surface area contributed by atoms with Gasteiger partial charge in [-0.25, -0.2) is 16.8 Å². The van der Waals surface area contributed by atoms with Crippen LogP contribution in [-0.2, 0) is 10.0 Å². The zero-order valence-corrected chi connectivity index (χ0v) is 12.8. The molecule has 3 nitrogen and oxygen atoms in total. The van der Waals surface area contributed by atoms with E-state index in [0.717, 1.165) is 0 Å². The summed E-state index contributed by atoms with van der Waals surface area (Å²) in [6.07, 6.45) is 0. The van der Waals surface area contributed by atoms with E-state index >= 15 is 0 Å². The van der Waals surface area contributed by atoms with Crippen LogP contribution in [0.25, 0.3) is 21.8 Å². The van der Waals surface area contributed by atoms with Crippen molar-refractivity contribution in [2.45, 2.75) is 4.90 Å². The van der Waals surface area contributed by atoms with E-state index in [4.69, 9.17) is 0 Å². The molecular weight excluding hydrogens is 313 g/mol. The van der Waals surface area contributed by atoms with Crippen LogP contribution in [0.3, 0.4) is 0 Å². The van der Waals surface area contributed by atoms with E-state index in [1.807, 2.05) is 6.07 Å². The van der Waals surface area contributed by atoms with E-state index in [1.54, 1.807) is 48.5 Å². The maximum absolute atomic E-state index is 13.6. The summed E-state index contributed by atoms with van der Waals surface area (Å²) >= 11 is 0. The molecule has 0 saturated heterocycles. The van der Waals surface area contributed by atoms with Crippen LogP contribution in [0.2, 0.25) is 0 Å². The van der Waals surface area contributed by atoms with Crippen LogP contribution in [0.5, 0.6) is 0 Å². The second-order valence-corrected chi connectivity index (χ2v) is 7.05. The van der Waals surface area contributed by atoms with Gasteiger partial charge in [-0.3, -0.25) is 0 Å². The van der Waals surface area contributed by atoms with Crippen molar-refractivity contribution in [1.29, 1.82) is 0 Å². The number of aromatic nitrogens is 1. The lowest BCUT2D eigenvalue weighted by Crippen LogP contribution is -2.12. The van der Waals surface area contributed by atoms with Crippen LogP contribution >= 0.6 is 0 Å². The molecule has 0 N–H and O–H groups in total. The molecule has 0 aliphatic rings. The van der Waals surface area contributed by atoms with E-state index in [0.29, 0.717) is 21.8 Å². The molecule has 0 atom stereocenters. The van der Waals surface area contributed by atoms with Crippen molar-refractivity contribution in [1.82, 2.24) is 3.97 Å². The second-order valence-electron chi connectivity index (χ2n) is 5.26. The van der Waals surface area contributed by atoms with E-state index in [2.05, 4.69) is 0 Å². The minimum absolute atomic E-state index is 0.201.